The quantitative estimate of drug-likeness (QED) is 0.515. The van der Waals surface area contributed by atoms with E-state index in [1.165, 1.54) is 16.7 Å². The average Bonchev–Trinajstić information content (AvgIpc) is 3.17. The Hall–Kier alpha value is -2.61. The van der Waals surface area contributed by atoms with Crippen LogP contribution in [0.4, 0.5) is 10.8 Å². The van der Waals surface area contributed by atoms with Gasteiger partial charge in [-0.25, -0.2) is 13.4 Å². The van der Waals surface area contributed by atoms with E-state index in [1.807, 2.05) is 9.73 Å². The summed E-state index contributed by atoms with van der Waals surface area (Å²) in [7, 11) is -4.08. The highest BCUT2D eigenvalue weighted by atomic mass is 32.2. The van der Waals surface area contributed by atoms with E-state index >= 15 is 0 Å². The monoisotopic (exact) mass is 413 g/mol. The van der Waals surface area contributed by atoms with Gasteiger partial charge in [-0.1, -0.05) is 0 Å². The summed E-state index contributed by atoms with van der Waals surface area (Å²) in [5.41, 5.74) is 1.92. The van der Waals surface area contributed by atoms with Gasteiger partial charge in [-0.05, 0) is 12.1 Å². The number of sulfonamides is 1. The van der Waals surface area contributed by atoms with Crippen molar-refractivity contribution in [1.82, 2.24) is 15.2 Å². The van der Waals surface area contributed by atoms with Crippen molar-refractivity contribution in [2.75, 3.05) is 31.2 Å². The van der Waals surface area contributed by atoms with Crippen LogP contribution in [0.3, 0.4) is 0 Å². The van der Waals surface area contributed by atoms with Gasteiger partial charge in [0, 0.05) is 30.6 Å². The lowest BCUT2D eigenvalue weighted by Crippen LogP contribution is -2.41. The number of carbonyl (C=O) groups is 1. The number of hydrazine groups is 1. The number of hydrogen-bond acceptors (Lipinski definition) is 9. The molecule has 2 heterocycles. The maximum absolute atomic E-state index is 12.2. The van der Waals surface area contributed by atoms with Gasteiger partial charge in [0.2, 0.25) is 0 Å². The number of aromatic nitrogens is 1. The second kappa shape index (κ2) is 7.96. The first-order chi connectivity index (χ1) is 12.9. The number of nitro groups is 1. The van der Waals surface area contributed by atoms with Gasteiger partial charge in [-0.2, -0.15) is 0 Å². The van der Waals surface area contributed by atoms with Gasteiger partial charge >= 0.3 is 0 Å². The summed E-state index contributed by atoms with van der Waals surface area (Å²) in [6.45, 7) is 2.50. The van der Waals surface area contributed by atoms with Gasteiger partial charge in [0.25, 0.3) is 21.6 Å². The first-order valence-electron chi connectivity index (χ1n) is 7.71. The number of carbonyl (C=O) groups excluding carboxylic acids is 1. The number of ether oxygens (including phenoxy) is 1. The summed E-state index contributed by atoms with van der Waals surface area (Å²) in [6.07, 6.45) is 0. The standard InChI is InChI=1S/C14H15N5O6S2/c20-13(12-9-26-14(15-12)18-5-7-25-8-6-18)16-17-27(23,24)11-3-1-10(2-4-11)19(21)22/h1-4,9,17H,5-8H2,(H,16,20). The molecule has 3 rings (SSSR count). The summed E-state index contributed by atoms with van der Waals surface area (Å²) in [4.78, 5) is 30.0. The zero-order valence-electron chi connectivity index (χ0n) is 13.8. The summed E-state index contributed by atoms with van der Waals surface area (Å²) < 4.78 is 29.6. The van der Waals surface area contributed by atoms with Crippen LogP contribution in [0.1, 0.15) is 10.5 Å². The number of non-ortho nitro benzene ring substituents is 1. The van der Waals surface area contributed by atoms with Crippen LogP contribution in [-0.4, -0.2) is 50.5 Å². The summed E-state index contributed by atoms with van der Waals surface area (Å²) in [6, 6.07) is 4.27. The molecule has 0 aliphatic carbocycles. The molecule has 1 aromatic carbocycles. The minimum absolute atomic E-state index is 0.0768. The van der Waals surface area contributed by atoms with Crippen LogP contribution in [0, 0.1) is 10.1 Å². The third kappa shape index (κ3) is 4.57. The number of nitrogens with one attached hydrogen (secondary N) is 2. The third-order valence-electron chi connectivity index (χ3n) is 3.66. The summed E-state index contributed by atoms with van der Waals surface area (Å²) >= 11 is 1.28. The lowest BCUT2D eigenvalue weighted by molar-refractivity contribution is -0.384. The third-order valence-corrected chi connectivity index (χ3v) is 5.83. The topological polar surface area (TPSA) is 144 Å². The summed E-state index contributed by atoms with van der Waals surface area (Å²) in [5, 5.41) is 12.8. The molecule has 1 fully saturated rings. The molecule has 0 atom stereocenters. The van der Waals surface area contributed by atoms with Gasteiger partial charge in [-0.15, -0.1) is 16.2 Å². The molecular formula is C14H15N5O6S2. The normalized spacial score (nSPS) is 14.7. The smallest absolute Gasteiger partial charge is 0.285 e. The predicted octanol–water partition coefficient (Wildman–Crippen LogP) is 0.511. The van der Waals surface area contributed by atoms with E-state index in [0.717, 1.165) is 24.3 Å². The molecule has 13 heteroatoms. The molecule has 1 amide bonds. The van der Waals surface area contributed by atoms with E-state index in [2.05, 4.69) is 10.4 Å². The maximum Gasteiger partial charge on any atom is 0.285 e. The number of nitro benzene ring substituents is 1. The van der Waals surface area contributed by atoms with Gasteiger partial charge < -0.3 is 9.64 Å². The largest absolute Gasteiger partial charge is 0.378 e. The predicted molar refractivity (Wildman–Crippen MR) is 96.0 cm³/mol. The zero-order chi connectivity index (χ0) is 19.4. The van der Waals surface area contributed by atoms with Crippen LogP contribution in [0.5, 0.6) is 0 Å². The van der Waals surface area contributed by atoms with Gasteiger partial charge in [0.15, 0.2) is 5.13 Å². The second-order valence-electron chi connectivity index (χ2n) is 5.43. The minimum atomic E-state index is -4.08. The molecular weight excluding hydrogens is 398 g/mol. The summed E-state index contributed by atoms with van der Waals surface area (Å²) in [5.74, 6) is -0.712. The molecule has 2 N–H and O–H groups in total. The molecule has 0 saturated carbocycles. The van der Waals surface area contributed by atoms with Crippen molar-refractivity contribution in [2.24, 2.45) is 0 Å². The van der Waals surface area contributed by atoms with Crippen LogP contribution in [0.25, 0.3) is 0 Å². The van der Waals surface area contributed by atoms with Crippen molar-refractivity contribution < 1.29 is 22.9 Å². The van der Waals surface area contributed by atoms with Crippen LogP contribution >= 0.6 is 11.3 Å². The highest BCUT2D eigenvalue weighted by Crippen LogP contribution is 2.21. The van der Waals surface area contributed by atoms with Gasteiger partial charge in [-0.3, -0.25) is 20.3 Å². The first-order valence-corrected chi connectivity index (χ1v) is 10.1. The SMILES string of the molecule is O=C(NNS(=O)(=O)c1ccc([N+](=O)[O-])cc1)c1csc(N2CCOCC2)n1. The van der Waals surface area contributed by atoms with Crippen LogP contribution in [0.2, 0.25) is 0 Å². The number of amides is 1. The van der Waals surface area contributed by atoms with Crippen molar-refractivity contribution in [3.63, 3.8) is 0 Å². The lowest BCUT2D eigenvalue weighted by Gasteiger charge is -2.25. The molecule has 1 saturated heterocycles. The number of morpholine rings is 1. The molecule has 1 aliphatic heterocycles. The van der Waals surface area contributed by atoms with E-state index in [-0.39, 0.29) is 16.3 Å². The number of anilines is 1. The Kier molecular flexibility index (Phi) is 5.65. The molecule has 2 aromatic rings. The van der Waals surface area contributed by atoms with E-state index in [0.29, 0.717) is 31.4 Å². The fourth-order valence-corrected chi connectivity index (χ4v) is 3.95. The van der Waals surface area contributed by atoms with Crippen molar-refractivity contribution in [3.05, 3.63) is 45.5 Å². The average molecular weight is 413 g/mol. The number of thiazole rings is 1. The Balaban J connectivity index is 1.62. The van der Waals surface area contributed by atoms with E-state index < -0.39 is 20.9 Å². The lowest BCUT2D eigenvalue weighted by atomic mass is 10.3. The van der Waals surface area contributed by atoms with Crippen molar-refractivity contribution >= 4 is 38.1 Å². The Labute approximate surface area is 158 Å². The molecule has 1 aliphatic rings. The number of nitrogens with zero attached hydrogens (tertiary/aromatic N) is 3. The Morgan fingerprint density at radius 3 is 2.56 bits per heavy atom. The minimum Gasteiger partial charge on any atom is -0.378 e. The number of rotatable bonds is 6. The van der Waals surface area contributed by atoms with Crippen molar-refractivity contribution in [2.45, 2.75) is 4.90 Å². The number of hydrogen-bond donors (Lipinski definition) is 2. The first kappa shape index (κ1) is 19.2. The fourth-order valence-electron chi connectivity index (χ4n) is 2.25. The molecule has 0 spiro atoms. The van der Waals surface area contributed by atoms with E-state index in [9.17, 15) is 23.3 Å². The van der Waals surface area contributed by atoms with Crippen LogP contribution < -0.4 is 15.2 Å². The Morgan fingerprint density at radius 1 is 1.26 bits per heavy atom. The van der Waals surface area contributed by atoms with Crippen molar-refractivity contribution in [3.8, 4) is 0 Å². The Bertz CT molecular complexity index is 937. The molecule has 144 valence electrons. The molecule has 11 nitrogen and oxygen atoms in total. The second-order valence-corrected chi connectivity index (χ2v) is 7.94. The molecule has 1 aromatic heterocycles. The van der Waals surface area contributed by atoms with Gasteiger partial charge in [0.1, 0.15) is 5.69 Å². The zero-order valence-corrected chi connectivity index (χ0v) is 15.5. The highest BCUT2D eigenvalue weighted by molar-refractivity contribution is 7.89. The van der Waals surface area contributed by atoms with Crippen LogP contribution in [-0.2, 0) is 14.8 Å². The van der Waals surface area contributed by atoms with E-state index in [4.69, 9.17) is 4.74 Å². The fraction of sp³-hybridized carbons (Fsp3) is 0.286. The molecule has 0 radical (unpaired) electrons. The van der Waals surface area contributed by atoms with Crippen molar-refractivity contribution in [1.29, 1.82) is 0 Å². The molecule has 0 bridgehead atoms. The van der Waals surface area contributed by atoms with Crippen LogP contribution in [0.15, 0.2) is 34.5 Å². The maximum atomic E-state index is 12.2. The number of benzene rings is 1. The Morgan fingerprint density at radius 2 is 1.93 bits per heavy atom. The molecule has 27 heavy (non-hydrogen) atoms. The highest BCUT2D eigenvalue weighted by Gasteiger charge is 2.20. The van der Waals surface area contributed by atoms with Gasteiger partial charge in [0.05, 0.1) is 23.0 Å². The molecule has 0 unspecified atom stereocenters. The van der Waals surface area contributed by atoms with E-state index in [1.54, 1.807) is 0 Å².